The van der Waals surface area contributed by atoms with Crippen LogP contribution in [0.15, 0.2) is 24.3 Å². The van der Waals surface area contributed by atoms with Crippen LogP contribution >= 0.6 is 12.4 Å². The van der Waals surface area contributed by atoms with Gasteiger partial charge in [-0.15, -0.1) is 12.4 Å². The number of hydrogen-bond donors (Lipinski definition) is 2. The van der Waals surface area contributed by atoms with E-state index in [0.717, 1.165) is 30.1 Å². The van der Waals surface area contributed by atoms with Crippen LogP contribution in [0.25, 0.3) is 0 Å². The summed E-state index contributed by atoms with van der Waals surface area (Å²) in [5.74, 6) is 1.07. The van der Waals surface area contributed by atoms with Crippen LogP contribution in [0.1, 0.15) is 50.5 Å². The van der Waals surface area contributed by atoms with Gasteiger partial charge in [0.2, 0.25) is 5.91 Å². The van der Waals surface area contributed by atoms with Crippen molar-refractivity contribution in [2.24, 2.45) is 5.92 Å². The molecule has 4 heteroatoms. The smallest absolute Gasteiger partial charge is 0.224 e. The van der Waals surface area contributed by atoms with Crippen molar-refractivity contribution in [1.29, 1.82) is 0 Å². The van der Waals surface area contributed by atoms with Gasteiger partial charge in [-0.3, -0.25) is 4.79 Å². The lowest BCUT2D eigenvalue weighted by Crippen LogP contribution is -2.26. The maximum atomic E-state index is 11.8. The molecule has 2 rings (SSSR count). The number of nitrogen functional groups attached to an aromatic ring is 1. The highest BCUT2D eigenvalue weighted by Gasteiger charge is 2.13. The third-order valence-corrected chi connectivity index (χ3v) is 4.18. The molecule has 21 heavy (non-hydrogen) atoms. The first-order chi connectivity index (χ1) is 9.74. The number of unbranched alkanes of at least 4 members (excludes halogenated alkanes) is 1. The van der Waals surface area contributed by atoms with Gasteiger partial charge in [0.25, 0.3) is 0 Å². The van der Waals surface area contributed by atoms with Crippen LogP contribution in [-0.4, -0.2) is 12.5 Å². The Balaban J connectivity index is 0.00000220. The van der Waals surface area contributed by atoms with Gasteiger partial charge in [-0.1, -0.05) is 50.7 Å². The summed E-state index contributed by atoms with van der Waals surface area (Å²) in [6.45, 7) is 0.806. The van der Waals surface area contributed by atoms with Gasteiger partial charge in [0.15, 0.2) is 0 Å². The Hall–Kier alpha value is -1.22. The summed E-state index contributed by atoms with van der Waals surface area (Å²) < 4.78 is 0. The molecular weight excluding hydrogens is 284 g/mol. The second-order valence-electron chi connectivity index (χ2n) is 5.91. The fraction of sp³-hybridized carbons (Fsp3) is 0.588. The Morgan fingerprint density at radius 3 is 2.48 bits per heavy atom. The molecule has 1 aliphatic carbocycles. The van der Waals surface area contributed by atoms with Crippen molar-refractivity contribution in [2.45, 2.75) is 51.4 Å². The Labute approximate surface area is 134 Å². The van der Waals surface area contributed by atoms with E-state index in [2.05, 4.69) is 5.32 Å². The van der Waals surface area contributed by atoms with Crippen LogP contribution < -0.4 is 11.1 Å². The Kier molecular flexibility index (Phi) is 8.21. The van der Waals surface area contributed by atoms with Crippen molar-refractivity contribution in [2.75, 3.05) is 12.3 Å². The molecule has 0 bridgehead atoms. The molecular formula is C17H27ClN2O. The minimum Gasteiger partial charge on any atom is -0.399 e. The average molecular weight is 311 g/mol. The van der Waals surface area contributed by atoms with E-state index in [1.54, 1.807) is 0 Å². The van der Waals surface area contributed by atoms with Crippen LogP contribution in [0.4, 0.5) is 5.69 Å². The third kappa shape index (κ3) is 6.85. The minimum atomic E-state index is 0. The Morgan fingerprint density at radius 2 is 1.81 bits per heavy atom. The number of halogens is 1. The number of carbonyl (C=O) groups is 1. The van der Waals surface area contributed by atoms with Crippen molar-refractivity contribution in [3.8, 4) is 0 Å². The van der Waals surface area contributed by atoms with Crippen LogP contribution in [0, 0.1) is 5.92 Å². The average Bonchev–Trinajstić information content (AvgIpc) is 2.94. The molecule has 0 spiro atoms. The van der Waals surface area contributed by atoms with E-state index in [1.807, 2.05) is 24.3 Å². The van der Waals surface area contributed by atoms with E-state index in [4.69, 9.17) is 5.73 Å². The van der Waals surface area contributed by atoms with Gasteiger partial charge in [0, 0.05) is 12.2 Å². The Bertz CT molecular complexity index is 413. The maximum absolute atomic E-state index is 11.8. The second-order valence-corrected chi connectivity index (χ2v) is 5.91. The molecule has 1 aliphatic rings. The van der Waals surface area contributed by atoms with E-state index < -0.39 is 0 Å². The van der Waals surface area contributed by atoms with Crippen molar-refractivity contribution in [3.05, 3.63) is 29.8 Å². The molecule has 0 atom stereocenters. The van der Waals surface area contributed by atoms with E-state index in [1.165, 1.54) is 38.5 Å². The van der Waals surface area contributed by atoms with Gasteiger partial charge in [-0.2, -0.15) is 0 Å². The van der Waals surface area contributed by atoms with Crippen molar-refractivity contribution >= 4 is 24.0 Å². The van der Waals surface area contributed by atoms with E-state index in [9.17, 15) is 4.79 Å². The molecule has 1 saturated carbocycles. The second kappa shape index (κ2) is 9.67. The monoisotopic (exact) mass is 310 g/mol. The summed E-state index contributed by atoms with van der Waals surface area (Å²) in [5, 5.41) is 3.00. The molecule has 0 saturated heterocycles. The highest BCUT2D eigenvalue weighted by atomic mass is 35.5. The molecule has 0 unspecified atom stereocenters. The number of rotatable bonds is 7. The quantitative estimate of drug-likeness (QED) is 0.596. The first-order valence-corrected chi connectivity index (χ1v) is 7.85. The van der Waals surface area contributed by atoms with Crippen LogP contribution in [0.5, 0.6) is 0 Å². The van der Waals surface area contributed by atoms with Gasteiger partial charge < -0.3 is 11.1 Å². The Morgan fingerprint density at radius 1 is 1.14 bits per heavy atom. The van der Waals surface area contributed by atoms with Crippen LogP contribution in [0.2, 0.25) is 0 Å². The zero-order valence-electron chi connectivity index (χ0n) is 12.6. The molecule has 1 fully saturated rings. The lowest BCUT2D eigenvalue weighted by molar-refractivity contribution is -0.120. The van der Waals surface area contributed by atoms with Crippen molar-refractivity contribution in [3.63, 3.8) is 0 Å². The topological polar surface area (TPSA) is 55.1 Å². The number of benzene rings is 1. The SMILES string of the molecule is Cl.Nc1ccc(CC(=O)NCCCCC2CCCC2)cc1. The zero-order valence-corrected chi connectivity index (χ0v) is 13.5. The first-order valence-electron chi connectivity index (χ1n) is 7.85. The van der Waals surface area contributed by atoms with Crippen molar-refractivity contribution < 1.29 is 4.79 Å². The number of amides is 1. The fourth-order valence-electron chi connectivity index (χ4n) is 2.97. The standard InChI is InChI=1S/C17H26N2O.ClH/c18-16-10-8-15(9-11-16)13-17(20)19-12-4-3-7-14-5-1-2-6-14;/h8-11,14H,1-7,12-13,18H2,(H,19,20);1H. The zero-order chi connectivity index (χ0) is 14.2. The summed E-state index contributed by atoms with van der Waals surface area (Å²) in [7, 11) is 0. The molecule has 3 N–H and O–H groups in total. The molecule has 1 aromatic carbocycles. The van der Waals surface area contributed by atoms with Gasteiger partial charge in [-0.05, 0) is 30.0 Å². The molecule has 118 valence electrons. The number of nitrogens with one attached hydrogen (secondary N) is 1. The normalized spacial score (nSPS) is 14.7. The highest BCUT2D eigenvalue weighted by Crippen LogP contribution is 2.28. The van der Waals surface area contributed by atoms with Gasteiger partial charge in [0.05, 0.1) is 6.42 Å². The highest BCUT2D eigenvalue weighted by molar-refractivity contribution is 5.85. The molecule has 3 nitrogen and oxygen atoms in total. The van der Waals surface area contributed by atoms with Crippen molar-refractivity contribution in [1.82, 2.24) is 5.32 Å². The number of nitrogens with two attached hydrogens (primary N) is 1. The lowest BCUT2D eigenvalue weighted by atomic mass is 10.0. The largest absolute Gasteiger partial charge is 0.399 e. The lowest BCUT2D eigenvalue weighted by Gasteiger charge is -2.09. The van der Waals surface area contributed by atoms with Gasteiger partial charge in [0.1, 0.15) is 0 Å². The third-order valence-electron chi connectivity index (χ3n) is 4.18. The summed E-state index contributed by atoms with van der Waals surface area (Å²) >= 11 is 0. The molecule has 1 amide bonds. The summed E-state index contributed by atoms with van der Waals surface area (Å²) in [6, 6.07) is 7.50. The van der Waals surface area contributed by atoms with Crippen LogP contribution in [-0.2, 0) is 11.2 Å². The fourth-order valence-corrected chi connectivity index (χ4v) is 2.97. The number of anilines is 1. The maximum Gasteiger partial charge on any atom is 0.224 e. The summed E-state index contributed by atoms with van der Waals surface area (Å²) in [5.41, 5.74) is 7.38. The first kappa shape index (κ1) is 17.8. The van der Waals surface area contributed by atoms with Crippen LogP contribution in [0.3, 0.4) is 0 Å². The van der Waals surface area contributed by atoms with E-state index in [0.29, 0.717) is 6.42 Å². The molecule has 0 radical (unpaired) electrons. The van der Waals surface area contributed by atoms with E-state index in [-0.39, 0.29) is 18.3 Å². The minimum absolute atomic E-state index is 0. The summed E-state index contributed by atoms with van der Waals surface area (Å²) in [4.78, 5) is 11.8. The summed E-state index contributed by atoms with van der Waals surface area (Å²) in [6.07, 6.45) is 9.81. The number of hydrogen-bond acceptors (Lipinski definition) is 2. The van der Waals surface area contributed by atoms with Gasteiger partial charge >= 0.3 is 0 Å². The van der Waals surface area contributed by atoms with Gasteiger partial charge in [-0.25, -0.2) is 0 Å². The molecule has 1 aromatic rings. The predicted molar refractivity (Wildman–Crippen MR) is 90.6 cm³/mol. The number of carbonyl (C=O) groups excluding carboxylic acids is 1. The predicted octanol–water partition coefficient (Wildman–Crippen LogP) is 3.71. The molecule has 0 heterocycles. The molecule has 0 aliphatic heterocycles. The molecule has 0 aromatic heterocycles. The van der Waals surface area contributed by atoms with E-state index >= 15 is 0 Å².